The molecule has 0 amide bonds. The monoisotopic (exact) mass is 343 g/mol. The first-order chi connectivity index (χ1) is 12.2. The third-order valence-electron chi connectivity index (χ3n) is 4.69. The van der Waals surface area contributed by atoms with Gasteiger partial charge in [0, 0.05) is 24.6 Å². The summed E-state index contributed by atoms with van der Waals surface area (Å²) in [4.78, 5) is 4.42. The molecule has 0 saturated heterocycles. The van der Waals surface area contributed by atoms with Crippen LogP contribution in [0, 0.1) is 0 Å². The molecule has 0 aromatic carbocycles. The van der Waals surface area contributed by atoms with Gasteiger partial charge < -0.3 is 19.1 Å². The standard InChI is InChI=1S/C18H25N5O2/c1-13(2)24-18-10-17(19-20-18)23-8-4-7-22(12-23)11-15-9-16(21-25-15)14-5-3-6-14/h4,7,9-10,13-14H,3,5-6,8,11-12H2,1-2H3,(H,19,20). The Morgan fingerprint density at radius 2 is 2.24 bits per heavy atom. The molecular weight excluding hydrogens is 318 g/mol. The lowest BCUT2D eigenvalue weighted by atomic mass is 9.83. The Hall–Kier alpha value is -2.44. The third-order valence-corrected chi connectivity index (χ3v) is 4.69. The van der Waals surface area contributed by atoms with Crippen molar-refractivity contribution in [2.45, 2.75) is 51.7 Å². The highest BCUT2D eigenvalue weighted by Gasteiger charge is 2.24. The minimum Gasteiger partial charge on any atom is -0.474 e. The summed E-state index contributed by atoms with van der Waals surface area (Å²) in [6.07, 6.45) is 8.16. The van der Waals surface area contributed by atoms with E-state index in [0.29, 0.717) is 11.8 Å². The van der Waals surface area contributed by atoms with Crippen molar-refractivity contribution in [3.63, 3.8) is 0 Å². The lowest BCUT2D eigenvalue weighted by Gasteiger charge is -2.32. The zero-order valence-electron chi connectivity index (χ0n) is 14.8. The largest absolute Gasteiger partial charge is 0.474 e. The number of hydrogen-bond donors (Lipinski definition) is 1. The molecule has 0 bridgehead atoms. The maximum absolute atomic E-state index is 5.63. The normalized spacial score (nSPS) is 18.0. The minimum absolute atomic E-state index is 0.116. The van der Waals surface area contributed by atoms with Crippen molar-refractivity contribution in [3.8, 4) is 5.88 Å². The van der Waals surface area contributed by atoms with E-state index in [9.17, 15) is 0 Å². The highest BCUT2D eigenvalue weighted by atomic mass is 16.5. The first-order valence-electron chi connectivity index (χ1n) is 9.00. The van der Waals surface area contributed by atoms with Crippen molar-refractivity contribution in [1.82, 2.24) is 20.3 Å². The maximum atomic E-state index is 5.63. The molecule has 1 N–H and O–H groups in total. The summed E-state index contributed by atoms with van der Waals surface area (Å²) in [6.45, 7) is 6.31. The number of hydrogen-bond acceptors (Lipinski definition) is 6. The Labute approximate surface area is 147 Å². The molecule has 1 saturated carbocycles. The van der Waals surface area contributed by atoms with Crippen LogP contribution >= 0.6 is 0 Å². The highest BCUT2D eigenvalue weighted by Crippen LogP contribution is 2.35. The number of rotatable bonds is 6. The smallest absolute Gasteiger partial charge is 0.234 e. The molecule has 7 nitrogen and oxygen atoms in total. The molecular formula is C18H25N5O2. The predicted molar refractivity (Wildman–Crippen MR) is 94.3 cm³/mol. The van der Waals surface area contributed by atoms with Gasteiger partial charge in [-0.15, -0.1) is 5.10 Å². The fourth-order valence-corrected chi connectivity index (χ4v) is 3.18. The molecule has 2 aliphatic rings. The summed E-state index contributed by atoms with van der Waals surface area (Å²) in [5, 5.41) is 11.5. The van der Waals surface area contributed by atoms with Crippen LogP contribution in [0.2, 0.25) is 0 Å². The number of H-pyrrole nitrogens is 1. The minimum atomic E-state index is 0.116. The van der Waals surface area contributed by atoms with Crippen LogP contribution in [0.4, 0.5) is 5.82 Å². The van der Waals surface area contributed by atoms with Gasteiger partial charge in [0.25, 0.3) is 0 Å². The Bertz CT molecular complexity index is 731. The van der Waals surface area contributed by atoms with Gasteiger partial charge in [0.2, 0.25) is 5.88 Å². The predicted octanol–water partition coefficient (Wildman–Crippen LogP) is 3.25. The van der Waals surface area contributed by atoms with Gasteiger partial charge in [0.05, 0.1) is 25.0 Å². The van der Waals surface area contributed by atoms with Crippen molar-refractivity contribution in [2.75, 3.05) is 18.1 Å². The van der Waals surface area contributed by atoms with Gasteiger partial charge in [-0.25, -0.2) is 0 Å². The van der Waals surface area contributed by atoms with Gasteiger partial charge in [0.15, 0.2) is 5.76 Å². The van der Waals surface area contributed by atoms with Crippen LogP contribution in [-0.4, -0.2) is 39.6 Å². The van der Waals surface area contributed by atoms with E-state index in [2.05, 4.69) is 43.5 Å². The van der Waals surface area contributed by atoms with Gasteiger partial charge in [-0.2, -0.15) is 0 Å². The van der Waals surface area contributed by atoms with Crippen LogP contribution in [0.3, 0.4) is 0 Å². The average molecular weight is 343 g/mol. The van der Waals surface area contributed by atoms with Crippen LogP contribution in [-0.2, 0) is 6.54 Å². The van der Waals surface area contributed by atoms with E-state index in [1.165, 1.54) is 19.3 Å². The fraction of sp³-hybridized carbons (Fsp3) is 0.556. The molecule has 3 heterocycles. The van der Waals surface area contributed by atoms with E-state index in [1.54, 1.807) is 0 Å². The van der Waals surface area contributed by atoms with E-state index in [-0.39, 0.29) is 6.10 Å². The van der Waals surface area contributed by atoms with Crippen LogP contribution < -0.4 is 9.64 Å². The van der Waals surface area contributed by atoms with Crippen LogP contribution in [0.25, 0.3) is 0 Å². The molecule has 2 aromatic rings. The summed E-state index contributed by atoms with van der Waals surface area (Å²) in [6, 6.07) is 4.06. The second kappa shape index (κ2) is 6.82. The summed E-state index contributed by atoms with van der Waals surface area (Å²) in [7, 11) is 0. The Morgan fingerprint density at radius 3 is 3.00 bits per heavy atom. The second-order valence-electron chi connectivity index (χ2n) is 7.10. The summed E-state index contributed by atoms with van der Waals surface area (Å²) in [5.74, 6) is 3.11. The molecule has 0 spiro atoms. The van der Waals surface area contributed by atoms with Crippen LogP contribution in [0.15, 0.2) is 28.9 Å². The zero-order chi connectivity index (χ0) is 17.2. The number of anilines is 1. The van der Waals surface area contributed by atoms with Crippen molar-refractivity contribution in [3.05, 3.63) is 35.9 Å². The fourth-order valence-electron chi connectivity index (χ4n) is 3.18. The number of nitrogens with one attached hydrogen (secondary N) is 1. The number of nitrogens with zero attached hydrogens (tertiary/aromatic N) is 4. The van der Waals surface area contributed by atoms with E-state index in [1.807, 2.05) is 19.9 Å². The van der Waals surface area contributed by atoms with Gasteiger partial charge in [-0.3, -0.25) is 5.10 Å². The Morgan fingerprint density at radius 1 is 1.36 bits per heavy atom. The first kappa shape index (κ1) is 16.1. The topological polar surface area (TPSA) is 70.4 Å². The molecule has 2 aromatic heterocycles. The molecule has 25 heavy (non-hydrogen) atoms. The van der Waals surface area contributed by atoms with Gasteiger partial charge >= 0.3 is 0 Å². The number of aromatic amines is 1. The molecule has 1 aliphatic heterocycles. The average Bonchev–Trinajstić information content (AvgIpc) is 3.15. The molecule has 4 rings (SSSR count). The third kappa shape index (κ3) is 3.65. The first-order valence-corrected chi connectivity index (χ1v) is 9.00. The van der Waals surface area contributed by atoms with Crippen molar-refractivity contribution in [2.24, 2.45) is 0 Å². The van der Waals surface area contributed by atoms with E-state index in [0.717, 1.165) is 37.0 Å². The summed E-state index contributed by atoms with van der Waals surface area (Å²) in [5.41, 5.74) is 1.11. The second-order valence-corrected chi connectivity index (χ2v) is 7.10. The van der Waals surface area contributed by atoms with Crippen LogP contribution in [0.1, 0.15) is 50.5 Å². The molecule has 0 radical (unpaired) electrons. The van der Waals surface area contributed by atoms with Gasteiger partial charge in [-0.05, 0) is 39.0 Å². The quantitative estimate of drug-likeness (QED) is 0.868. The molecule has 7 heteroatoms. The molecule has 1 fully saturated rings. The number of ether oxygens (including phenoxy) is 1. The summed E-state index contributed by atoms with van der Waals surface area (Å²) >= 11 is 0. The molecule has 0 atom stereocenters. The van der Waals surface area contributed by atoms with Crippen molar-refractivity contribution >= 4 is 5.82 Å². The van der Waals surface area contributed by atoms with Crippen molar-refractivity contribution in [1.29, 1.82) is 0 Å². The maximum Gasteiger partial charge on any atom is 0.234 e. The lowest BCUT2D eigenvalue weighted by Crippen LogP contribution is -2.38. The number of aromatic nitrogens is 3. The van der Waals surface area contributed by atoms with Crippen LogP contribution in [0.5, 0.6) is 5.88 Å². The summed E-state index contributed by atoms with van der Waals surface area (Å²) < 4.78 is 11.2. The van der Waals surface area contributed by atoms with E-state index >= 15 is 0 Å². The van der Waals surface area contributed by atoms with Gasteiger partial charge in [-0.1, -0.05) is 11.6 Å². The van der Waals surface area contributed by atoms with Crippen molar-refractivity contribution < 1.29 is 9.26 Å². The molecule has 1 aliphatic carbocycles. The Balaban J connectivity index is 1.37. The Kier molecular flexibility index (Phi) is 4.38. The zero-order valence-corrected chi connectivity index (χ0v) is 14.8. The van der Waals surface area contributed by atoms with E-state index < -0.39 is 0 Å². The van der Waals surface area contributed by atoms with E-state index in [4.69, 9.17) is 9.26 Å². The molecule has 134 valence electrons. The SMILES string of the molecule is CC(C)Oc1cc(N2CC=CN(Cc3cc(C4CCC4)no3)C2)[nH]n1. The molecule has 0 unspecified atom stereocenters. The highest BCUT2D eigenvalue weighted by molar-refractivity contribution is 5.42. The lowest BCUT2D eigenvalue weighted by molar-refractivity contribution is 0.232. The van der Waals surface area contributed by atoms with Gasteiger partial charge in [0.1, 0.15) is 5.82 Å².